The number of aromatic nitrogens is 2. The van der Waals surface area contributed by atoms with Crippen LogP contribution in [0, 0.1) is 0 Å². The topological polar surface area (TPSA) is 50.3 Å². The summed E-state index contributed by atoms with van der Waals surface area (Å²) in [5, 5.41) is 3.36. The van der Waals surface area contributed by atoms with E-state index in [1.165, 1.54) is 18.5 Å². The number of likely N-dealkylation sites (tertiary alicyclic amines) is 1. The van der Waals surface area contributed by atoms with E-state index in [0.717, 1.165) is 30.5 Å². The minimum atomic E-state index is 0.636. The number of pyridine rings is 2. The van der Waals surface area contributed by atoms with Crippen LogP contribution in [0.25, 0.3) is 11.0 Å². The highest BCUT2D eigenvalue weighted by molar-refractivity contribution is 5.78. The predicted molar refractivity (Wildman–Crippen MR) is 83.7 cm³/mol. The van der Waals surface area contributed by atoms with Gasteiger partial charge in [0, 0.05) is 31.4 Å². The highest BCUT2D eigenvalue weighted by Crippen LogP contribution is 2.19. The summed E-state index contributed by atoms with van der Waals surface area (Å²) in [7, 11) is 3.69. The SMILES string of the molecule is CN[C@@H]1CCN(CCc2ccnc3ccc(OC)nc23)C1. The number of rotatable bonds is 5. The molecule has 3 heterocycles. The average Bonchev–Trinajstić information content (AvgIpc) is 3.00. The number of hydrogen-bond acceptors (Lipinski definition) is 5. The fourth-order valence-corrected chi connectivity index (χ4v) is 2.93. The number of hydrogen-bond donors (Lipinski definition) is 1. The molecule has 0 amide bonds. The molecule has 1 saturated heterocycles. The molecule has 1 fully saturated rings. The van der Waals surface area contributed by atoms with Gasteiger partial charge in [0.1, 0.15) is 0 Å². The zero-order chi connectivity index (χ0) is 14.7. The first-order valence-electron chi connectivity index (χ1n) is 7.48. The molecule has 0 spiro atoms. The third-order valence-electron chi connectivity index (χ3n) is 4.23. The Bertz CT molecular complexity index is 616. The van der Waals surface area contributed by atoms with Crippen molar-refractivity contribution in [3.8, 4) is 5.88 Å². The van der Waals surface area contributed by atoms with Crippen molar-refractivity contribution in [2.24, 2.45) is 0 Å². The summed E-state index contributed by atoms with van der Waals surface area (Å²) in [6.07, 6.45) is 4.10. The van der Waals surface area contributed by atoms with Gasteiger partial charge < -0.3 is 15.0 Å². The Balaban J connectivity index is 1.74. The standard InChI is InChI=1S/C16H22N4O/c1-17-13-7-10-20(11-13)9-6-12-5-8-18-14-3-4-15(21-2)19-16(12)14/h3-5,8,13,17H,6-7,9-11H2,1-2H3/t13-/m1/s1. The Hall–Kier alpha value is -1.72. The quantitative estimate of drug-likeness (QED) is 0.902. The van der Waals surface area contributed by atoms with Gasteiger partial charge in [0.15, 0.2) is 0 Å². The number of ether oxygens (including phenoxy) is 1. The summed E-state index contributed by atoms with van der Waals surface area (Å²) in [5.41, 5.74) is 3.14. The van der Waals surface area contributed by atoms with Gasteiger partial charge in [0.25, 0.3) is 0 Å². The van der Waals surface area contributed by atoms with Gasteiger partial charge in [-0.05, 0) is 44.1 Å². The zero-order valence-corrected chi connectivity index (χ0v) is 12.7. The molecule has 0 unspecified atom stereocenters. The molecule has 5 nitrogen and oxygen atoms in total. The number of methoxy groups -OCH3 is 1. The van der Waals surface area contributed by atoms with Crippen molar-refractivity contribution in [2.75, 3.05) is 33.8 Å². The summed E-state index contributed by atoms with van der Waals surface area (Å²) in [4.78, 5) is 11.4. The molecule has 0 bridgehead atoms. The summed E-state index contributed by atoms with van der Waals surface area (Å²) < 4.78 is 5.23. The predicted octanol–water partition coefficient (Wildman–Crippen LogP) is 1.47. The minimum absolute atomic E-state index is 0.636. The Morgan fingerprint density at radius 3 is 3.05 bits per heavy atom. The van der Waals surface area contributed by atoms with Crippen molar-refractivity contribution in [1.29, 1.82) is 0 Å². The second-order valence-corrected chi connectivity index (χ2v) is 5.52. The van der Waals surface area contributed by atoms with Crippen LogP contribution in [0.1, 0.15) is 12.0 Å². The summed E-state index contributed by atoms with van der Waals surface area (Å²) in [6, 6.07) is 6.53. The highest BCUT2D eigenvalue weighted by atomic mass is 16.5. The van der Waals surface area contributed by atoms with Crippen molar-refractivity contribution < 1.29 is 4.74 Å². The third kappa shape index (κ3) is 3.14. The largest absolute Gasteiger partial charge is 0.481 e. The zero-order valence-electron chi connectivity index (χ0n) is 12.7. The van der Waals surface area contributed by atoms with Gasteiger partial charge >= 0.3 is 0 Å². The van der Waals surface area contributed by atoms with Gasteiger partial charge in [-0.1, -0.05) is 0 Å². The van der Waals surface area contributed by atoms with Crippen LogP contribution in [0.5, 0.6) is 5.88 Å². The molecule has 1 aliphatic heterocycles. The molecule has 1 aliphatic rings. The van der Waals surface area contributed by atoms with Crippen molar-refractivity contribution in [1.82, 2.24) is 20.2 Å². The van der Waals surface area contributed by atoms with Crippen molar-refractivity contribution in [3.05, 3.63) is 30.0 Å². The van der Waals surface area contributed by atoms with E-state index < -0.39 is 0 Å². The fraction of sp³-hybridized carbons (Fsp3) is 0.500. The van der Waals surface area contributed by atoms with Crippen LogP contribution in [-0.4, -0.2) is 54.7 Å². The molecule has 1 atom stereocenters. The molecular weight excluding hydrogens is 264 g/mol. The van der Waals surface area contributed by atoms with Crippen molar-refractivity contribution in [3.63, 3.8) is 0 Å². The van der Waals surface area contributed by atoms with E-state index >= 15 is 0 Å². The van der Waals surface area contributed by atoms with Gasteiger partial charge in [0.05, 0.1) is 18.1 Å². The Kier molecular flexibility index (Phi) is 4.31. The molecule has 5 heteroatoms. The molecule has 3 rings (SSSR count). The lowest BCUT2D eigenvalue weighted by molar-refractivity contribution is 0.334. The van der Waals surface area contributed by atoms with Crippen LogP contribution >= 0.6 is 0 Å². The second-order valence-electron chi connectivity index (χ2n) is 5.52. The van der Waals surface area contributed by atoms with Gasteiger partial charge in [-0.2, -0.15) is 0 Å². The first-order chi connectivity index (χ1) is 10.3. The Morgan fingerprint density at radius 1 is 1.38 bits per heavy atom. The van der Waals surface area contributed by atoms with Crippen molar-refractivity contribution in [2.45, 2.75) is 18.9 Å². The first-order valence-corrected chi connectivity index (χ1v) is 7.48. The third-order valence-corrected chi connectivity index (χ3v) is 4.23. The van der Waals surface area contributed by atoms with Gasteiger partial charge in [0.2, 0.25) is 5.88 Å². The molecule has 112 valence electrons. The van der Waals surface area contributed by atoms with E-state index in [-0.39, 0.29) is 0 Å². The molecule has 0 aromatic carbocycles. The maximum absolute atomic E-state index is 5.23. The molecule has 21 heavy (non-hydrogen) atoms. The van der Waals surface area contributed by atoms with Crippen LogP contribution in [0.4, 0.5) is 0 Å². The lowest BCUT2D eigenvalue weighted by Crippen LogP contribution is -2.30. The van der Waals surface area contributed by atoms with Gasteiger partial charge in [-0.15, -0.1) is 0 Å². The first kappa shape index (κ1) is 14.2. The lowest BCUT2D eigenvalue weighted by atomic mass is 10.1. The maximum atomic E-state index is 5.23. The summed E-state index contributed by atoms with van der Waals surface area (Å²) in [5.74, 6) is 0.646. The second kappa shape index (κ2) is 6.37. The van der Waals surface area contributed by atoms with Crippen LogP contribution in [0.3, 0.4) is 0 Å². The maximum Gasteiger partial charge on any atom is 0.213 e. The fourth-order valence-electron chi connectivity index (χ4n) is 2.93. The van der Waals surface area contributed by atoms with Crippen LogP contribution in [-0.2, 0) is 6.42 Å². The number of fused-ring (bicyclic) bond motifs is 1. The number of likely N-dealkylation sites (N-methyl/N-ethyl adjacent to an activating group) is 1. The average molecular weight is 286 g/mol. The highest BCUT2D eigenvalue weighted by Gasteiger charge is 2.20. The monoisotopic (exact) mass is 286 g/mol. The van der Waals surface area contributed by atoms with Crippen molar-refractivity contribution >= 4 is 11.0 Å². The molecule has 2 aromatic rings. The molecule has 1 N–H and O–H groups in total. The lowest BCUT2D eigenvalue weighted by Gasteiger charge is -2.16. The molecule has 0 aliphatic carbocycles. The molecule has 2 aromatic heterocycles. The normalized spacial score (nSPS) is 19.2. The summed E-state index contributed by atoms with van der Waals surface area (Å²) >= 11 is 0. The van der Waals surface area contributed by atoms with Gasteiger partial charge in [-0.3, -0.25) is 4.98 Å². The van der Waals surface area contributed by atoms with E-state index in [0.29, 0.717) is 11.9 Å². The van der Waals surface area contributed by atoms with E-state index in [1.54, 1.807) is 7.11 Å². The van der Waals surface area contributed by atoms with Crippen LogP contribution in [0.15, 0.2) is 24.4 Å². The van der Waals surface area contributed by atoms with Crippen LogP contribution in [0.2, 0.25) is 0 Å². The molecule has 0 radical (unpaired) electrons. The van der Waals surface area contributed by atoms with E-state index in [4.69, 9.17) is 4.74 Å². The van der Waals surface area contributed by atoms with Crippen LogP contribution < -0.4 is 10.1 Å². The van der Waals surface area contributed by atoms with E-state index in [1.807, 2.05) is 25.4 Å². The number of nitrogens with one attached hydrogen (secondary N) is 1. The number of nitrogens with zero attached hydrogens (tertiary/aromatic N) is 3. The Morgan fingerprint density at radius 2 is 2.29 bits per heavy atom. The smallest absolute Gasteiger partial charge is 0.213 e. The minimum Gasteiger partial charge on any atom is -0.481 e. The van der Waals surface area contributed by atoms with E-state index in [9.17, 15) is 0 Å². The molecular formula is C16H22N4O. The van der Waals surface area contributed by atoms with Gasteiger partial charge in [-0.25, -0.2) is 4.98 Å². The van der Waals surface area contributed by atoms with E-state index in [2.05, 4.69) is 26.3 Å². The molecule has 0 saturated carbocycles. The Labute approximate surface area is 125 Å². The summed E-state index contributed by atoms with van der Waals surface area (Å²) in [6.45, 7) is 3.37.